The van der Waals surface area contributed by atoms with Gasteiger partial charge in [0.1, 0.15) is 5.82 Å². The standard InChI is InChI=1S/C21H11F7O2.C6H15N/c22-16-10-9-15(11-1-5-13(6-2-11)20(23,24)25)18(19(29)30)17(16)12-3-7-14(8-4-12)21(26,27)28;1-4-7(5-2)6-3/h1-10H,(H,29,30);4-6H2,1-3H3. The van der Waals surface area contributed by atoms with Crippen molar-refractivity contribution in [2.24, 2.45) is 0 Å². The first-order valence-electron chi connectivity index (χ1n) is 11.5. The summed E-state index contributed by atoms with van der Waals surface area (Å²) in [6.07, 6.45) is -9.25. The zero-order chi connectivity index (χ0) is 28.0. The fourth-order valence-electron chi connectivity index (χ4n) is 3.73. The molecule has 0 aromatic heterocycles. The highest BCUT2D eigenvalue weighted by Crippen LogP contribution is 2.37. The summed E-state index contributed by atoms with van der Waals surface area (Å²) in [7, 11) is 0. The maximum atomic E-state index is 14.5. The fourth-order valence-corrected chi connectivity index (χ4v) is 3.73. The fraction of sp³-hybridized carbons (Fsp3) is 0.296. The SMILES string of the molecule is CC[NH+](CC)CC.O=C([O-])c1c(-c2ccc(C(F)(F)F)cc2)ccc(F)c1-c1ccc(C(F)(F)F)cc1. The molecule has 0 bridgehead atoms. The Labute approximate surface area is 210 Å². The Hall–Kier alpha value is -3.40. The summed E-state index contributed by atoms with van der Waals surface area (Å²) < 4.78 is 91.0. The number of hydrogen-bond acceptors (Lipinski definition) is 2. The summed E-state index contributed by atoms with van der Waals surface area (Å²) in [4.78, 5) is 13.4. The molecule has 1 N–H and O–H groups in total. The molecule has 3 aromatic rings. The van der Waals surface area contributed by atoms with Gasteiger partial charge in [0.05, 0.1) is 36.7 Å². The van der Waals surface area contributed by atoms with E-state index in [1.165, 1.54) is 19.6 Å². The van der Waals surface area contributed by atoms with Gasteiger partial charge in [-0.3, -0.25) is 0 Å². The van der Waals surface area contributed by atoms with Crippen LogP contribution in [0.15, 0.2) is 60.7 Å². The van der Waals surface area contributed by atoms with Gasteiger partial charge in [-0.05, 0) is 67.8 Å². The van der Waals surface area contributed by atoms with Crippen LogP contribution in [0, 0.1) is 5.82 Å². The first-order chi connectivity index (χ1) is 17.2. The molecule has 0 saturated carbocycles. The largest absolute Gasteiger partial charge is 0.545 e. The van der Waals surface area contributed by atoms with E-state index in [2.05, 4.69) is 20.8 Å². The van der Waals surface area contributed by atoms with Gasteiger partial charge in [-0.15, -0.1) is 0 Å². The third-order valence-electron chi connectivity index (χ3n) is 5.88. The van der Waals surface area contributed by atoms with E-state index in [9.17, 15) is 40.6 Å². The normalized spacial score (nSPS) is 11.8. The Morgan fingerprint density at radius 3 is 1.43 bits per heavy atom. The van der Waals surface area contributed by atoms with E-state index in [0.29, 0.717) is 12.1 Å². The second-order valence-corrected chi connectivity index (χ2v) is 8.09. The molecule has 0 unspecified atom stereocenters. The van der Waals surface area contributed by atoms with Gasteiger partial charge in [0.25, 0.3) is 0 Å². The Morgan fingerprint density at radius 2 is 1.11 bits per heavy atom. The van der Waals surface area contributed by atoms with E-state index in [1.807, 2.05) is 0 Å². The average molecular weight is 529 g/mol. The van der Waals surface area contributed by atoms with Crippen molar-refractivity contribution in [1.82, 2.24) is 0 Å². The molecule has 200 valence electrons. The van der Waals surface area contributed by atoms with E-state index in [-0.39, 0.29) is 16.7 Å². The number of hydrogen-bond donors (Lipinski definition) is 1. The van der Waals surface area contributed by atoms with E-state index in [1.54, 1.807) is 4.90 Å². The minimum Gasteiger partial charge on any atom is -0.545 e. The maximum Gasteiger partial charge on any atom is 0.416 e. The summed E-state index contributed by atoms with van der Waals surface area (Å²) in [5.74, 6) is -2.87. The first kappa shape index (κ1) is 29.8. The molecule has 0 atom stereocenters. The van der Waals surface area contributed by atoms with Crippen LogP contribution in [-0.2, 0) is 12.4 Å². The quantitative estimate of drug-likeness (QED) is 0.429. The average Bonchev–Trinajstić information content (AvgIpc) is 2.84. The summed E-state index contributed by atoms with van der Waals surface area (Å²) in [5, 5.41) is 11.8. The first-order valence-corrected chi connectivity index (χ1v) is 11.5. The van der Waals surface area contributed by atoms with Gasteiger partial charge in [-0.2, -0.15) is 26.3 Å². The number of carboxylic acids is 1. The molecule has 0 fully saturated rings. The molecular formula is C27H26F7NO2. The number of carbonyl (C=O) groups is 1. The molecule has 0 aliphatic heterocycles. The van der Waals surface area contributed by atoms with Crippen LogP contribution in [0.4, 0.5) is 30.7 Å². The number of rotatable bonds is 6. The number of aromatic carboxylic acids is 1. The number of alkyl halides is 6. The molecule has 0 aliphatic carbocycles. The molecule has 3 nitrogen and oxygen atoms in total. The molecule has 0 spiro atoms. The van der Waals surface area contributed by atoms with Crippen LogP contribution >= 0.6 is 0 Å². The molecule has 0 aliphatic rings. The molecule has 0 amide bonds. The zero-order valence-electron chi connectivity index (χ0n) is 20.4. The number of quaternary nitrogens is 1. The highest BCUT2D eigenvalue weighted by molar-refractivity contribution is 6.02. The number of carbonyl (C=O) groups excluding carboxylic acids is 1. The van der Waals surface area contributed by atoms with Crippen molar-refractivity contribution in [3.8, 4) is 22.3 Å². The van der Waals surface area contributed by atoms with Crippen molar-refractivity contribution in [3.63, 3.8) is 0 Å². The second-order valence-electron chi connectivity index (χ2n) is 8.09. The van der Waals surface area contributed by atoms with Gasteiger partial charge >= 0.3 is 12.4 Å². The molecule has 3 aromatic carbocycles. The van der Waals surface area contributed by atoms with Crippen LogP contribution in [0.5, 0.6) is 0 Å². The van der Waals surface area contributed by atoms with Crippen molar-refractivity contribution < 1.29 is 45.5 Å². The maximum absolute atomic E-state index is 14.5. The number of nitrogens with one attached hydrogen (secondary N) is 1. The van der Waals surface area contributed by atoms with E-state index < -0.39 is 46.4 Å². The minimum absolute atomic E-state index is 0.0374. The molecule has 37 heavy (non-hydrogen) atoms. The molecule has 0 saturated heterocycles. The molecule has 10 heteroatoms. The Bertz CT molecular complexity index is 1180. The smallest absolute Gasteiger partial charge is 0.416 e. The van der Waals surface area contributed by atoms with Gasteiger partial charge in [-0.25, -0.2) is 4.39 Å². The third kappa shape index (κ3) is 7.55. The molecule has 0 radical (unpaired) electrons. The monoisotopic (exact) mass is 529 g/mol. The predicted molar refractivity (Wildman–Crippen MR) is 124 cm³/mol. The van der Waals surface area contributed by atoms with Gasteiger partial charge in [0.2, 0.25) is 0 Å². The lowest BCUT2D eigenvalue weighted by Crippen LogP contribution is -3.11. The van der Waals surface area contributed by atoms with Gasteiger partial charge in [0, 0.05) is 11.1 Å². The van der Waals surface area contributed by atoms with Gasteiger partial charge < -0.3 is 14.8 Å². The van der Waals surface area contributed by atoms with Crippen LogP contribution in [-0.4, -0.2) is 25.6 Å². The summed E-state index contributed by atoms with van der Waals surface area (Å²) >= 11 is 0. The molecule has 0 heterocycles. The van der Waals surface area contributed by atoms with E-state index in [0.717, 1.165) is 48.5 Å². The lowest BCUT2D eigenvalue weighted by atomic mass is 9.90. The summed E-state index contributed by atoms with van der Waals surface area (Å²) in [6.45, 7) is 10.5. The molecular weight excluding hydrogens is 503 g/mol. The topological polar surface area (TPSA) is 44.6 Å². The van der Waals surface area contributed by atoms with Crippen LogP contribution in [0.25, 0.3) is 22.3 Å². The van der Waals surface area contributed by atoms with E-state index >= 15 is 0 Å². The Morgan fingerprint density at radius 1 is 0.703 bits per heavy atom. The zero-order valence-corrected chi connectivity index (χ0v) is 20.4. The number of halogens is 7. The van der Waals surface area contributed by atoms with Crippen molar-refractivity contribution in [1.29, 1.82) is 0 Å². The van der Waals surface area contributed by atoms with Crippen LogP contribution in [0.1, 0.15) is 42.3 Å². The van der Waals surface area contributed by atoms with Gasteiger partial charge in [-0.1, -0.05) is 30.3 Å². The third-order valence-corrected chi connectivity index (χ3v) is 5.88. The minimum atomic E-state index is -4.64. The van der Waals surface area contributed by atoms with Crippen LogP contribution in [0.2, 0.25) is 0 Å². The Kier molecular flexibility index (Phi) is 9.86. The Balaban J connectivity index is 0.000000604. The van der Waals surface area contributed by atoms with Crippen molar-refractivity contribution >= 4 is 5.97 Å². The van der Waals surface area contributed by atoms with Crippen LogP contribution < -0.4 is 10.0 Å². The van der Waals surface area contributed by atoms with Gasteiger partial charge in [0.15, 0.2) is 0 Å². The highest BCUT2D eigenvalue weighted by Gasteiger charge is 2.31. The highest BCUT2D eigenvalue weighted by atomic mass is 19.4. The predicted octanol–water partition coefficient (Wildman–Crippen LogP) is 5.49. The number of benzene rings is 3. The number of carboxylic acid groups (broad SMARTS) is 1. The van der Waals surface area contributed by atoms with Crippen molar-refractivity contribution in [2.45, 2.75) is 33.1 Å². The van der Waals surface area contributed by atoms with Crippen molar-refractivity contribution in [2.75, 3.05) is 19.6 Å². The lowest BCUT2D eigenvalue weighted by molar-refractivity contribution is -0.894. The van der Waals surface area contributed by atoms with E-state index in [4.69, 9.17) is 0 Å². The van der Waals surface area contributed by atoms with Crippen molar-refractivity contribution in [3.05, 3.63) is 83.2 Å². The van der Waals surface area contributed by atoms with Crippen LogP contribution in [0.3, 0.4) is 0 Å². The second kappa shape index (κ2) is 12.2. The lowest BCUT2D eigenvalue weighted by Gasteiger charge is -2.18. The molecule has 3 rings (SSSR count). The summed E-state index contributed by atoms with van der Waals surface area (Å²) in [5.41, 5.74) is -3.45. The summed E-state index contributed by atoms with van der Waals surface area (Å²) in [6, 6.07) is 8.57.